The van der Waals surface area contributed by atoms with Gasteiger partial charge in [-0.2, -0.15) is 22.8 Å². The van der Waals surface area contributed by atoms with Crippen molar-refractivity contribution < 1.29 is 27.5 Å². The number of halogens is 3. The molecule has 172 valence electrons. The zero-order valence-electron chi connectivity index (χ0n) is 17.5. The molecular weight excluding hydrogens is 453 g/mol. The molecular formula is C22H15F3N6O3. The molecule has 1 aromatic carbocycles. The molecule has 4 heterocycles. The number of anilines is 2. The normalized spacial score (nSPS) is 14.4. The first-order valence-electron chi connectivity index (χ1n) is 9.96. The van der Waals surface area contributed by atoms with Crippen LogP contribution < -0.4 is 14.5 Å². The highest BCUT2D eigenvalue weighted by Gasteiger charge is 2.39. The van der Waals surface area contributed by atoms with Gasteiger partial charge in [0.1, 0.15) is 12.3 Å². The van der Waals surface area contributed by atoms with Crippen molar-refractivity contribution in [2.45, 2.75) is 13.1 Å². The molecule has 1 saturated heterocycles. The van der Waals surface area contributed by atoms with Crippen LogP contribution in [0.5, 0.6) is 11.6 Å². The lowest BCUT2D eigenvalue weighted by Gasteiger charge is -2.19. The number of alkyl halides is 3. The minimum absolute atomic E-state index is 0.117. The van der Waals surface area contributed by atoms with Gasteiger partial charge in [-0.25, -0.2) is 14.7 Å². The van der Waals surface area contributed by atoms with E-state index in [1.165, 1.54) is 10.6 Å². The fourth-order valence-electron chi connectivity index (χ4n) is 3.58. The Kier molecular flexibility index (Phi) is 4.92. The smallest absolute Gasteiger partial charge is 0.417 e. The maximum atomic E-state index is 13.0. The van der Waals surface area contributed by atoms with Crippen molar-refractivity contribution in [1.29, 1.82) is 0 Å². The fraction of sp³-hybridized carbons (Fsp3) is 0.136. The zero-order valence-corrected chi connectivity index (χ0v) is 17.5. The van der Waals surface area contributed by atoms with Gasteiger partial charge in [0.25, 0.3) is 5.91 Å². The number of rotatable bonds is 4. The fourth-order valence-corrected chi connectivity index (χ4v) is 3.58. The summed E-state index contributed by atoms with van der Waals surface area (Å²) in [4.78, 5) is 35.2. The molecule has 0 unspecified atom stereocenters. The Morgan fingerprint density at radius 2 is 1.82 bits per heavy atom. The largest absolute Gasteiger partial charge is 0.439 e. The molecule has 1 aliphatic rings. The molecule has 3 aromatic heterocycles. The molecule has 0 radical (unpaired) electrons. The summed E-state index contributed by atoms with van der Waals surface area (Å²) in [6.07, 6.45) is 0.303. The third-order valence-corrected chi connectivity index (χ3v) is 5.21. The molecule has 12 heteroatoms. The summed E-state index contributed by atoms with van der Waals surface area (Å²) in [7, 11) is 0. The number of amides is 3. The molecule has 5 rings (SSSR count). The summed E-state index contributed by atoms with van der Waals surface area (Å²) in [5.41, 5.74) is 0.358. The minimum Gasteiger partial charge on any atom is -0.439 e. The van der Waals surface area contributed by atoms with Crippen molar-refractivity contribution in [2.24, 2.45) is 0 Å². The number of hydrogen-bond acceptors (Lipinski definition) is 6. The van der Waals surface area contributed by atoms with Crippen LogP contribution in [0.2, 0.25) is 0 Å². The van der Waals surface area contributed by atoms with Crippen LogP contribution in [0, 0.1) is 6.92 Å². The van der Waals surface area contributed by atoms with Crippen molar-refractivity contribution in [3.05, 3.63) is 72.3 Å². The number of carbonyl (C=O) groups excluding carboxylic acids is 2. The van der Waals surface area contributed by atoms with Crippen LogP contribution in [0.1, 0.15) is 11.1 Å². The van der Waals surface area contributed by atoms with E-state index in [4.69, 9.17) is 4.74 Å². The molecule has 1 fully saturated rings. The van der Waals surface area contributed by atoms with Crippen LogP contribution >= 0.6 is 0 Å². The highest BCUT2D eigenvalue weighted by atomic mass is 19.4. The second-order valence-electron chi connectivity index (χ2n) is 7.46. The highest BCUT2D eigenvalue weighted by molar-refractivity contribution is 6.26. The first-order valence-corrected chi connectivity index (χ1v) is 9.96. The van der Waals surface area contributed by atoms with Crippen molar-refractivity contribution in [1.82, 2.24) is 19.6 Å². The second kappa shape index (κ2) is 7.83. The number of pyridine rings is 1. The maximum Gasteiger partial charge on any atom is 0.417 e. The first kappa shape index (κ1) is 21.4. The first-order chi connectivity index (χ1) is 16.2. The van der Waals surface area contributed by atoms with E-state index in [2.05, 4.69) is 15.1 Å². The lowest BCUT2D eigenvalue weighted by atomic mass is 10.2. The highest BCUT2D eigenvalue weighted by Crippen LogP contribution is 2.34. The molecule has 34 heavy (non-hydrogen) atoms. The third kappa shape index (κ3) is 3.68. The van der Waals surface area contributed by atoms with E-state index < -0.39 is 30.2 Å². The van der Waals surface area contributed by atoms with Crippen LogP contribution in [-0.4, -0.2) is 38.1 Å². The minimum atomic E-state index is -4.63. The summed E-state index contributed by atoms with van der Waals surface area (Å²) in [5.74, 6) is 0.301. The lowest BCUT2D eigenvalue weighted by Crippen LogP contribution is -2.33. The number of fused-ring (bicyclic) bond motifs is 1. The molecule has 9 nitrogen and oxygen atoms in total. The quantitative estimate of drug-likeness (QED) is 0.417. The average molecular weight is 468 g/mol. The van der Waals surface area contributed by atoms with Gasteiger partial charge in [0, 0.05) is 24.5 Å². The maximum absolute atomic E-state index is 13.0. The topological polar surface area (TPSA) is 92.9 Å². The molecule has 0 N–H and O–H groups in total. The number of imide groups is 1. The molecule has 3 amide bonds. The summed E-state index contributed by atoms with van der Waals surface area (Å²) in [6, 6.07) is 8.07. The van der Waals surface area contributed by atoms with E-state index in [9.17, 15) is 22.8 Å². The molecule has 4 aromatic rings. The number of urea groups is 1. The summed E-state index contributed by atoms with van der Waals surface area (Å²) < 4.78 is 46.6. The Morgan fingerprint density at radius 3 is 2.59 bits per heavy atom. The number of ether oxygens (including phenoxy) is 1. The van der Waals surface area contributed by atoms with Gasteiger partial charge < -0.3 is 4.74 Å². The van der Waals surface area contributed by atoms with Gasteiger partial charge >= 0.3 is 12.2 Å². The van der Waals surface area contributed by atoms with Gasteiger partial charge in [-0.05, 0) is 36.8 Å². The molecule has 1 aliphatic heterocycles. The van der Waals surface area contributed by atoms with E-state index in [1.807, 2.05) is 0 Å². The SMILES string of the molecule is Cc1cc(N2C(=O)CN(c3cncc(C(F)(F)F)c3)C2=O)ccc1Oc1ccnc2ccnn12. The van der Waals surface area contributed by atoms with E-state index >= 15 is 0 Å². The Labute approximate surface area is 190 Å². The van der Waals surface area contributed by atoms with Crippen molar-refractivity contribution in [3.63, 3.8) is 0 Å². The molecule has 0 spiro atoms. The molecule has 0 bridgehead atoms. The number of aryl methyl sites for hydroxylation is 1. The molecule has 0 atom stereocenters. The Bertz CT molecular complexity index is 1430. The van der Waals surface area contributed by atoms with Crippen LogP contribution in [-0.2, 0) is 11.0 Å². The third-order valence-electron chi connectivity index (χ3n) is 5.21. The van der Waals surface area contributed by atoms with Crippen LogP contribution in [0.15, 0.2) is 61.2 Å². The standard InChI is InChI=1S/C22H15F3N6O3/c1-13-8-15(2-3-17(13)34-20-5-6-27-18-4-7-28-31(18)20)30-19(32)12-29(21(30)33)16-9-14(10-26-11-16)22(23,24)25/h2-11H,12H2,1H3. The Balaban J connectivity index is 1.41. The predicted molar refractivity (Wildman–Crippen MR) is 114 cm³/mol. The van der Waals surface area contributed by atoms with Crippen molar-refractivity contribution >= 4 is 29.0 Å². The summed E-state index contributed by atoms with van der Waals surface area (Å²) in [6.45, 7) is 1.33. The Hall–Kier alpha value is -4.48. The van der Waals surface area contributed by atoms with Gasteiger partial charge in [-0.1, -0.05) is 0 Å². The summed E-state index contributed by atoms with van der Waals surface area (Å²) >= 11 is 0. The number of carbonyl (C=O) groups is 2. The lowest BCUT2D eigenvalue weighted by molar-refractivity contribution is -0.137. The van der Waals surface area contributed by atoms with Gasteiger partial charge in [0.15, 0.2) is 5.65 Å². The number of hydrogen-bond donors (Lipinski definition) is 0. The summed E-state index contributed by atoms with van der Waals surface area (Å²) in [5, 5.41) is 4.15. The van der Waals surface area contributed by atoms with Crippen molar-refractivity contribution in [2.75, 3.05) is 16.3 Å². The van der Waals surface area contributed by atoms with Crippen molar-refractivity contribution in [3.8, 4) is 11.6 Å². The van der Waals surface area contributed by atoms with E-state index in [1.54, 1.807) is 43.6 Å². The monoisotopic (exact) mass is 468 g/mol. The zero-order chi connectivity index (χ0) is 24.0. The van der Waals surface area contributed by atoms with Gasteiger partial charge in [-0.15, -0.1) is 0 Å². The number of aromatic nitrogens is 4. The van der Waals surface area contributed by atoms with Gasteiger partial charge in [0.2, 0.25) is 5.88 Å². The van der Waals surface area contributed by atoms with E-state index in [0.717, 1.165) is 22.1 Å². The van der Waals surface area contributed by atoms with Crippen LogP contribution in [0.4, 0.5) is 29.3 Å². The molecule has 0 aliphatic carbocycles. The average Bonchev–Trinajstić information content (AvgIpc) is 3.39. The van der Waals surface area contributed by atoms with Crippen LogP contribution in [0.3, 0.4) is 0 Å². The Morgan fingerprint density at radius 1 is 1.00 bits per heavy atom. The molecule has 0 saturated carbocycles. The predicted octanol–water partition coefficient (Wildman–Crippen LogP) is 4.22. The van der Waals surface area contributed by atoms with Crippen LogP contribution in [0.25, 0.3) is 5.65 Å². The van der Waals surface area contributed by atoms with Gasteiger partial charge in [0.05, 0.1) is 29.3 Å². The van der Waals surface area contributed by atoms with E-state index in [-0.39, 0.29) is 11.4 Å². The number of nitrogens with zero attached hydrogens (tertiary/aromatic N) is 6. The van der Waals surface area contributed by atoms with Gasteiger partial charge in [-0.3, -0.25) is 14.7 Å². The second-order valence-corrected chi connectivity index (χ2v) is 7.46. The number of benzene rings is 1. The van der Waals surface area contributed by atoms with E-state index in [0.29, 0.717) is 29.0 Å².